The Morgan fingerprint density at radius 1 is 1.18 bits per heavy atom. The lowest BCUT2D eigenvalue weighted by molar-refractivity contribution is -0.123. The van der Waals surface area contributed by atoms with Crippen LogP contribution in [0.25, 0.3) is 0 Å². The highest BCUT2D eigenvalue weighted by molar-refractivity contribution is 5.85. The van der Waals surface area contributed by atoms with Crippen LogP contribution < -0.4 is 10.6 Å². The Bertz CT molecular complexity index is 244. The zero-order chi connectivity index (χ0) is 11.5. The van der Waals surface area contributed by atoms with Crippen molar-refractivity contribution in [2.24, 2.45) is 11.8 Å². The van der Waals surface area contributed by atoms with E-state index in [2.05, 4.69) is 24.5 Å². The monoisotopic (exact) mass is 260 g/mol. The first kappa shape index (κ1) is 14.8. The number of carbonyl (C=O) groups is 1. The molecule has 1 saturated carbocycles. The van der Waals surface area contributed by atoms with Gasteiger partial charge in [0, 0.05) is 6.04 Å². The molecule has 0 aromatic rings. The summed E-state index contributed by atoms with van der Waals surface area (Å²) in [6.45, 7) is 5.58. The maximum Gasteiger partial charge on any atom is 0.237 e. The third-order valence-electron chi connectivity index (χ3n) is 3.90. The second kappa shape index (κ2) is 6.60. The van der Waals surface area contributed by atoms with Crippen LogP contribution in [0.4, 0.5) is 0 Å². The SMILES string of the molecule is CC1CC(C)CC(NC(=O)[C@@H]2CCCN2)C1.Cl. The lowest BCUT2D eigenvalue weighted by atomic mass is 9.80. The van der Waals surface area contributed by atoms with Crippen molar-refractivity contribution in [1.82, 2.24) is 10.6 Å². The highest BCUT2D eigenvalue weighted by atomic mass is 35.5. The topological polar surface area (TPSA) is 41.1 Å². The maximum absolute atomic E-state index is 12.0. The van der Waals surface area contributed by atoms with E-state index in [4.69, 9.17) is 0 Å². The van der Waals surface area contributed by atoms with E-state index in [1.807, 2.05) is 0 Å². The van der Waals surface area contributed by atoms with Crippen LogP contribution in [0.15, 0.2) is 0 Å². The Labute approximate surface area is 111 Å². The molecule has 0 spiro atoms. The molecular weight excluding hydrogens is 236 g/mol. The first-order valence-corrected chi connectivity index (χ1v) is 6.69. The molecule has 0 aromatic carbocycles. The molecule has 2 unspecified atom stereocenters. The summed E-state index contributed by atoms with van der Waals surface area (Å²) in [4.78, 5) is 12.0. The minimum atomic E-state index is 0. The first-order valence-electron chi connectivity index (χ1n) is 6.69. The third-order valence-corrected chi connectivity index (χ3v) is 3.90. The molecule has 3 nitrogen and oxygen atoms in total. The fourth-order valence-electron chi connectivity index (χ4n) is 3.27. The number of halogens is 1. The van der Waals surface area contributed by atoms with E-state index in [9.17, 15) is 4.79 Å². The molecule has 1 aliphatic carbocycles. The van der Waals surface area contributed by atoms with E-state index >= 15 is 0 Å². The van der Waals surface area contributed by atoms with Crippen molar-refractivity contribution in [2.45, 2.75) is 58.0 Å². The fourth-order valence-corrected chi connectivity index (χ4v) is 3.27. The van der Waals surface area contributed by atoms with E-state index < -0.39 is 0 Å². The van der Waals surface area contributed by atoms with Crippen molar-refractivity contribution in [3.63, 3.8) is 0 Å². The number of hydrogen-bond acceptors (Lipinski definition) is 2. The molecule has 0 aromatic heterocycles. The van der Waals surface area contributed by atoms with Crippen molar-refractivity contribution in [3.8, 4) is 0 Å². The van der Waals surface area contributed by atoms with Gasteiger partial charge in [-0.05, 0) is 50.5 Å². The molecule has 2 N–H and O–H groups in total. The molecular formula is C13H25ClN2O. The van der Waals surface area contributed by atoms with Gasteiger partial charge in [-0.2, -0.15) is 0 Å². The summed E-state index contributed by atoms with van der Waals surface area (Å²) in [7, 11) is 0. The minimum Gasteiger partial charge on any atom is -0.352 e. The van der Waals surface area contributed by atoms with Crippen molar-refractivity contribution >= 4 is 18.3 Å². The molecule has 4 heteroatoms. The van der Waals surface area contributed by atoms with Gasteiger partial charge in [0.1, 0.15) is 0 Å². The zero-order valence-corrected chi connectivity index (χ0v) is 11.7. The molecule has 2 aliphatic rings. The Balaban J connectivity index is 0.00000144. The van der Waals surface area contributed by atoms with Crippen molar-refractivity contribution in [3.05, 3.63) is 0 Å². The van der Waals surface area contributed by atoms with Crippen LogP contribution >= 0.6 is 12.4 Å². The standard InChI is InChI=1S/C13H24N2O.ClH/c1-9-6-10(2)8-11(7-9)15-13(16)12-4-3-5-14-12;/h9-12,14H,3-8H2,1-2H3,(H,15,16);1H/t9?,10?,11?,12-;/m0./s1. The van der Waals surface area contributed by atoms with Crippen LogP contribution in [0, 0.1) is 11.8 Å². The highest BCUT2D eigenvalue weighted by Crippen LogP contribution is 2.28. The number of nitrogens with one attached hydrogen (secondary N) is 2. The van der Waals surface area contributed by atoms with Gasteiger partial charge in [-0.15, -0.1) is 12.4 Å². The van der Waals surface area contributed by atoms with Crippen LogP contribution in [-0.4, -0.2) is 24.5 Å². The predicted molar refractivity (Wildman–Crippen MR) is 72.4 cm³/mol. The second-order valence-corrected chi connectivity index (χ2v) is 5.77. The average molecular weight is 261 g/mol. The molecule has 1 amide bonds. The Hall–Kier alpha value is -0.280. The second-order valence-electron chi connectivity index (χ2n) is 5.77. The molecule has 0 radical (unpaired) electrons. The van der Waals surface area contributed by atoms with Crippen LogP contribution in [-0.2, 0) is 4.79 Å². The smallest absolute Gasteiger partial charge is 0.237 e. The molecule has 1 aliphatic heterocycles. The van der Waals surface area contributed by atoms with Gasteiger partial charge in [-0.1, -0.05) is 13.8 Å². The third kappa shape index (κ3) is 4.14. The van der Waals surface area contributed by atoms with Crippen LogP contribution in [0.2, 0.25) is 0 Å². The molecule has 17 heavy (non-hydrogen) atoms. The molecule has 1 saturated heterocycles. The fraction of sp³-hybridized carbons (Fsp3) is 0.923. The Morgan fingerprint density at radius 2 is 1.82 bits per heavy atom. The van der Waals surface area contributed by atoms with Crippen molar-refractivity contribution < 1.29 is 4.79 Å². The number of rotatable bonds is 2. The Kier molecular flexibility index (Phi) is 5.74. The summed E-state index contributed by atoms with van der Waals surface area (Å²) in [6.07, 6.45) is 5.76. The first-order chi connectivity index (χ1) is 7.65. The molecule has 2 fully saturated rings. The minimum absolute atomic E-state index is 0. The lowest BCUT2D eigenvalue weighted by Gasteiger charge is -2.32. The normalized spacial score (nSPS) is 37.3. The Morgan fingerprint density at radius 3 is 2.35 bits per heavy atom. The van der Waals surface area contributed by atoms with Gasteiger partial charge in [0.25, 0.3) is 0 Å². The maximum atomic E-state index is 12.0. The number of carbonyl (C=O) groups excluding carboxylic acids is 1. The van der Waals surface area contributed by atoms with Gasteiger partial charge in [-0.3, -0.25) is 4.79 Å². The molecule has 2 rings (SSSR count). The van der Waals surface area contributed by atoms with Crippen LogP contribution in [0.1, 0.15) is 46.0 Å². The van der Waals surface area contributed by atoms with Gasteiger partial charge in [0.2, 0.25) is 5.91 Å². The van der Waals surface area contributed by atoms with E-state index in [-0.39, 0.29) is 24.4 Å². The molecule has 1 heterocycles. The predicted octanol–water partition coefficient (Wildman–Crippen LogP) is 2.10. The van der Waals surface area contributed by atoms with Crippen molar-refractivity contribution in [2.75, 3.05) is 6.54 Å². The molecule has 0 bridgehead atoms. The van der Waals surface area contributed by atoms with Gasteiger partial charge >= 0.3 is 0 Å². The number of amides is 1. The average Bonchev–Trinajstić information content (AvgIpc) is 2.68. The number of hydrogen-bond donors (Lipinski definition) is 2. The zero-order valence-electron chi connectivity index (χ0n) is 10.9. The summed E-state index contributed by atoms with van der Waals surface area (Å²) >= 11 is 0. The van der Waals surface area contributed by atoms with Crippen LogP contribution in [0.5, 0.6) is 0 Å². The van der Waals surface area contributed by atoms with E-state index in [1.54, 1.807) is 0 Å². The van der Waals surface area contributed by atoms with Crippen LogP contribution in [0.3, 0.4) is 0 Å². The summed E-state index contributed by atoms with van der Waals surface area (Å²) in [6, 6.07) is 0.487. The van der Waals surface area contributed by atoms with Gasteiger partial charge in [-0.25, -0.2) is 0 Å². The van der Waals surface area contributed by atoms with Crippen molar-refractivity contribution in [1.29, 1.82) is 0 Å². The van der Waals surface area contributed by atoms with E-state index in [0.717, 1.165) is 44.1 Å². The summed E-state index contributed by atoms with van der Waals surface area (Å²) in [5, 5.41) is 6.48. The van der Waals surface area contributed by atoms with E-state index in [0.29, 0.717) is 6.04 Å². The summed E-state index contributed by atoms with van der Waals surface area (Å²) < 4.78 is 0. The molecule has 3 atom stereocenters. The highest BCUT2D eigenvalue weighted by Gasteiger charge is 2.28. The van der Waals surface area contributed by atoms with Gasteiger partial charge in [0.05, 0.1) is 6.04 Å². The van der Waals surface area contributed by atoms with Gasteiger partial charge in [0.15, 0.2) is 0 Å². The van der Waals surface area contributed by atoms with E-state index in [1.165, 1.54) is 6.42 Å². The quantitative estimate of drug-likeness (QED) is 0.799. The molecule has 100 valence electrons. The lowest BCUT2D eigenvalue weighted by Crippen LogP contribution is -2.47. The largest absolute Gasteiger partial charge is 0.352 e. The summed E-state index contributed by atoms with van der Waals surface area (Å²) in [5.41, 5.74) is 0. The summed E-state index contributed by atoms with van der Waals surface area (Å²) in [5.74, 6) is 1.74. The van der Waals surface area contributed by atoms with Gasteiger partial charge < -0.3 is 10.6 Å².